The number of aryl methyl sites for hydroxylation is 1. The fraction of sp³-hybridized carbons (Fsp3) is 0.367. The van der Waals surface area contributed by atoms with Crippen molar-refractivity contribution in [3.63, 3.8) is 0 Å². The van der Waals surface area contributed by atoms with E-state index >= 15 is 4.39 Å². The Bertz CT molecular complexity index is 1870. The summed E-state index contributed by atoms with van der Waals surface area (Å²) in [4.78, 5) is 42.2. The van der Waals surface area contributed by atoms with Gasteiger partial charge in [-0.3, -0.25) is 23.5 Å². The molecule has 0 radical (unpaired) electrons. The Morgan fingerprint density at radius 1 is 1.25 bits per heavy atom. The van der Waals surface area contributed by atoms with Crippen LogP contribution in [-0.4, -0.2) is 73.2 Å². The molecule has 2 amide bonds. The fourth-order valence-electron chi connectivity index (χ4n) is 5.94. The maximum Gasteiger partial charge on any atom is 0.435 e. The summed E-state index contributed by atoms with van der Waals surface area (Å²) in [6, 6.07) is 3.96. The molecule has 0 spiro atoms. The molecule has 3 aromatic heterocycles. The van der Waals surface area contributed by atoms with Gasteiger partial charge in [0.05, 0.1) is 29.1 Å². The number of carbonyl (C=O) groups excluding carboxylic acids is 2. The Morgan fingerprint density at radius 3 is 2.60 bits per heavy atom. The summed E-state index contributed by atoms with van der Waals surface area (Å²) < 4.78 is 58.8. The van der Waals surface area contributed by atoms with Gasteiger partial charge in [0, 0.05) is 42.8 Å². The van der Waals surface area contributed by atoms with E-state index in [-0.39, 0.29) is 65.4 Å². The van der Waals surface area contributed by atoms with Crippen molar-refractivity contribution in [2.75, 3.05) is 25.0 Å². The Labute approximate surface area is 270 Å². The Kier molecular flexibility index (Phi) is 9.61. The molecular formula is C30H30F4N10O4. The molecule has 48 heavy (non-hydrogen) atoms. The van der Waals surface area contributed by atoms with E-state index in [1.165, 1.54) is 29.1 Å². The lowest BCUT2D eigenvalue weighted by molar-refractivity contribution is -0.141. The van der Waals surface area contributed by atoms with Crippen molar-refractivity contribution in [2.24, 2.45) is 17.8 Å². The molecule has 1 saturated heterocycles. The summed E-state index contributed by atoms with van der Waals surface area (Å²) >= 11 is 0. The van der Waals surface area contributed by atoms with Crippen molar-refractivity contribution >= 4 is 35.4 Å². The first-order valence-electron chi connectivity index (χ1n) is 14.7. The van der Waals surface area contributed by atoms with Crippen LogP contribution in [0.5, 0.6) is 0 Å². The Morgan fingerprint density at radius 2 is 1.96 bits per heavy atom. The van der Waals surface area contributed by atoms with Crippen LogP contribution in [0.25, 0.3) is 16.9 Å². The number of alkyl halides is 3. The number of nitrogens with zero attached hydrogens (tertiary/aromatic N) is 6. The number of aromatic nitrogens is 5. The second-order valence-corrected chi connectivity index (χ2v) is 11.4. The Hall–Kier alpha value is -5.57. The fourth-order valence-corrected chi connectivity index (χ4v) is 5.94. The standard InChI is InChI=1S/C29H28F4N10O2.CH2O2/c1-14-7-16(8-20(30)22(14)28(45)39-15(2)9-38-27(44)23-17-10-35-11-18(17)23)40-25-26-37-12-21(43(26)6-4-36-25)19-13-42(5-3-34)41-24(19)29(31,32)33;2-1-3/h4,6-8,12-13,15,17-18,23,35H,5,9-11H2,1-2H3,(H,36,40)(H,38,44)(H,39,45);1H,(H,2,3)/t15-,17-,18+,23?;/m1./s1. The first-order valence-corrected chi connectivity index (χ1v) is 14.7. The van der Waals surface area contributed by atoms with Crippen molar-refractivity contribution in [3.8, 4) is 17.3 Å². The van der Waals surface area contributed by atoms with Crippen LogP contribution in [0.3, 0.4) is 0 Å². The van der Waals surface area contributed by atoms with Gasteiger partial charge in [-0.25, -0.2) is 14.4 Å². The van der Waals surface area contributed by atoms with Crippen LogP contribution >= 0.6 is 0 Å². The highest BCUT2D eigenvalue weighted by Gasteiger charge is 2.56. The number of carboxylic acid groups (broad SMARTS) is 1. The number of benzene rings is 1. The van der Waals surface area contributed by atoms with Crippen molar-refractivity contribution in [1.29, 1.82) is 5.26 Å². The first kappa shape index (κ1) is 33.8. The monoisotopic (exact) mass is 670 g/mol. The van der Waals surface area contributed by atoms with Gasteiger partial charge in [0.25, 0.3) is 12.4 Å². The van der Waals surface area contributed by atoms with Crippen LogP contribution in [0, 0.1) is 41.8 Å². The second kappa shape index (κ2) is 13.7. The highest BCUT2D eigenvalue weighted by Crippen LogP contribution is 2.48. The van der Waals surface area contributed by atoms with Crippen LogP contribution in [0.15, 0.2) is 36.9 Å². The number of carbonyl (C=O) groups is 3. The number of anilines is 2. The zero-order valence-corrected chi connectivity index (χ0v) is 25.5. The minimum atomic E-state index is -4.78. The number of amides is 2. The Balaban J connectivity index is 0.00000145. The highest BCUT2D eigenvalue weighted by molar-refractivity contribution is 5.96. The number of nitriles is 1. The molecule has 5 N–H and O–H groups in total. The zero-order chi connectivity index (χ0) is 34.7. The van der Waals surface area contributed by atoms with Crippen LogP contribution < -0.4 is 21.3 Å². The van der Waals surface area contributed by atoms with Gasteiger partial charge in [-0.2, -0.15) is 23.5 Å². The van der Waals surface area contributed by atoms with E-state index in [9.17, 15) is 22.8 Å². The van der Waals surface area contributed by atoms with E-state index in [2.05, 4.69) is 36.3 Å². The summed E-state index contributed by atoms with van der Waals surface area (Å²) in [6.45, 7) is 4.54. The van der Waals surface area contributed by atoms with Gasteiger partial charge in [0.1, 0.15) is 12.4 Å². The van der Waals surface area contributed by atoms with Gasteiger partial charge in [0.15, 0.2) is 17.2 Å². The third-order valence-corrected chi connectivity index (χ3v) is 8.10. The van der Waals surface area contributed by atoms with E-state index in [1.54, 1.807) is 19.9 Å². The average Bonchev–Trinajstić information content (AvgIpc) is 3.42. The molecule has 2 fully saturated rings. The SMILES string of the molecule is Cc1cc(Nc2nccn3c(-c4cn(CC#N)nc4C(F)(F)F)cnc23)cc(F)c1C(=O)N[C@H](C)CNC(=O)C1[C@H]2CNC[C@@H]12.O=CO. The van der Waals surface area contributed by atoms with Gasteiger partial charge in [0.2, 0.25) is 5.91 Å². The molecule has 18 heteroatoms. The summed E-state index contributed by atoms with van der Waals surface area (Å²) in [5, 5.41) is 31.1. The van der Waals surface area contributed by atoms with E-state index in [4.69, 9.17) is 15.2 Å². The minimum Gasteiger partial charge on any atom is -0.483 e. The van der Waals surface area contributed by atoms with Crippen molar-refractivity contribution < 1.29 is 37.1 Å². The largest absolute Gasteiger partial charge is 0.483 e. The molecule has 1 aromatic carbocycles. The van der Waals surface area contributed by atoms with Gasteiger partial charge in [-0.15, -0.1) is 0 Å². The molecule has 1 unspecified atom stereocenters. The van der Waals surface area contributed by atoms with E-state index in [0.717, 1.165) is 30.0 Å². The lowest BCUT2D eigenvalue weighted by Crippen LogP contribution is -2.43. The molecule has 2 aliphatic rings. The zero-order valence-electron chi connectivity index (χ0n) is 25.5. The topological polar surface area (TPSA) is 191 Å². The predicted molar refractivity (Wildman–Crippen MR) is 161 cm³/mol. The van der Waals surface area contributed by atoms with Crippen molar-refractivity contribution in [3.05, 3.63) is 59.6 Å². The highest BCUT2D eigenvalue weighted by atomic mass is 19.4. The summed E-state index contributed by atoms with van der Waals surface area (Å²) in [6.07, 6.45) is 0.320. The maximum atomic E-state index is 15.3. The van der Waals surface area contributed by atoms with Crippen LogP contribution in [-0.2, 0) is 22.3 Å². The third-order valence-electron chi connectivity index (χ3n) is 8.10. The normalized spacial score (nSPS) is 18.6. The molecule has 1 aliphatic heterocycles. The van der Waals surface area contributed by atoms with Crippen LogP contribution in [0.4, 0.5) is 29.1 Å². The molecule has 4 atom stereocenters. The number of nitrogens with one attached hydrogen (secondary N) is 4. The molecule has 14 nitrogen and oxygen atoms in total. The van der Waals surface area contributed by atoms with Crippen molar-refractivity contribution in [2.45, 2.75) is 32.6 Å². The summed E-state index contributed by atoms with van der Waals surface area (Å²) in [5.74, 6) is -0.598. The van der Waals surface area contributed by atoms with Crippen molar-refractivity contribution in [1.82, 2.24) is 40.1 Å². The molecule has 6 rings (SSSR count). The number of fused-ring (bicyclic) bond motifs is 2. The number of piperidine rings is 1. The van der Waals surface area contributed by atoms with Gasteiger partial charge in [-0.1, -0.05) is 0 Å². The molecule has 1 aliphatic carbocycles. The number of imidazole rings is 1. The number of hydrogen-bond donors (Lipinski definition) is 5. The lowest BCUT2D eigenvalue weighted by Gasteiger charge is -2.17. The molecule has 0 bridgehead atoms. The van der Waals surface area contributed by atoms with E-state index < -0.39 is 29.6 Å². The van der Waals surface area contributed by atoms with Crippen LogP contribution in [0.2, 0.25) is 0 Å². The minimum absolute atomic E-state index is 0.00794. The number of hydrogen-bond acceptors (Lipinski definition) is 9. The molecule has 1 saturated carbocycles. The summed E-state index contributed by atoms with van der Waals surface area (Å²) in [5.41, 5.74) is -0.851. The lowest BCUT2D eigenvalue weighted by atomic mass is 10.1. The van der Waals surface area contributed by atoms with Gasteiger partial charge >= 0.3 is 6.18 Å². The molecule has 4 heterocycles. The maximum absolute atomic E-state index is 15.3. The second-order valence-electron chi connectivity index (χ2n) is 11.4. The molecule has 4 aromatic rings. The smallest absolute Gasteiger partial charge is 0.435 e. The van der Waals surface area contributed by atoms with Gasteiger partial charge < -0.3 is 26.4 Å². The molecular weight excluding hydrogens is 640 g/mol. The first-order chi connectivity index (χ1) is 22.9. The average molecular weight is 671 g/mol. The summed E-state index contributed by atoms with van der Waals surface area (Å²) in [7, 11) is 0. The third kappa shape index (κ3) is 6.90. The van der Waals surface area contributed by atoms with E-state index in [0.29, 0.717) is 17.4 Å². The molecule has 252 valence electrons. The predicted octanol–water partition coefficient (Wildman–Crippen LogP) is 2.73. The number of rotatable bonds is 9. The van der Waals surface area contributed by atoms with E-state index in [1.807, 2.05) is 0 Å². The quantitative estimate of drug-likeness (QED) is 0.131. The van der Waals surface area contributed by atoms with Gasteiger partial charge in [-0.05, 0) is 56.5 Å². The van der Waals surface area contributed by atoms with Crippen LogP contribution in [0.1, 0.15) is 28.5 Å². The number of halogens is 4.